The summed E-state index contributed by atoms with van der Waals surface area (Å²) >= 11 is 3.83. The van der Waals surface area contributed by atoms with Gasteiger partial charge in [-0.25, -0.2) is 0 Å². The molecule has 1 aromatic heterocycles. The second kappa shape index (κ2) is 6.13. The third kappa shape index (κ3) is 3.02. The van der Waals surface area contributed by atoms with Gasteiger partial charge in [-0.3, -0.25) is 0 Å². The fourth-order valence-corrected chi connectivity index (χ4v) is 14.3. The molecule has 0 saturated heterocycles. The fourth-order valence-electron chi connectivity index (χ4n) is 4.10. The van der Waals surface area contributed by atoms with Crippen LogP contribution in [0.4, 0.5) is 0 Å². The van der Waals surface area contributed by atoms with E-state index in [1.165, 1.54) is 4.47 Å². The van der Waals surface area contributed by atoms with E-state index in [9.17, 15) is 0 Å². The summed E-state index contributed by atoms with van der Waals surface area (Å²) in [5, 5.41) is 1.57. The van der Waals surface area contributed by atoms with Gasteiger partial charge in [0.2, 0.25) is 0 Å². The Morgan fingerprint density at radius 1 is 0.850 bits per heavy atom. The van der Waals surface area contributed by atoms with Crippen LogP contribution in [0.25, 0.3) is 0 Å². The van der Waals surface area contributed by atoms with Crippen LogP contribution < -0.4 is 5.19 Å². The molecule has 0 radical (unpaired) electrons. The van der Waals surface area contributed by atoms with Crippen LogP contribution in [0.3, 0.4) is 0 Å². The lowest BCUT2D eigenvalue weighted by atomic mass is 10.5. The number of hydrogen-bond donors (Lipinski definition) is 0. The maximum Gasteiger partial charge on any atom is 0.168 e. The molecule has 4 heteroatoms. The Kier molecular flexibility index (Phi) is 5.59. The van der Waals surface area contributed by atoms with Gasteiger partial charge in [0.1, 0.15) is 0 Å². The maximum atomic E-state index is 3.83. The Bertz CT molecular complexity index is 434. The van der Waals surface area contributed by atoms with Crippen LogP contribution in [0.1, 0.15) is 41.5 Å². The Balaban J connectivity index is 3.52. The van der Waals surface area contributed by atoms with Crippen LogP contribution in [0.5, 0.6) is 0 Å². The van der Waals surface area contributed by atoms with E-state index in [1.54, 1.807) is 5.19 Å². The minimum absolute atomic E-state index is 0.747. The van der Waals surface area contributed by atoms with Gasteiger partial charge < -0.3 is 4.23 Å². The van der Waals surface area contributed by atoms with Crippen LogP contribution in [0.15, 0.2) is 16.9 Å². The van der Waals surface area contributed by atoms with E-state index < -0.39 is 16.3 Å². The van der Waals surface area contributed by atoms with E-state index in [-0.39, 0.29) is 0 Å². The molecule has 0 bridgehead atoms. The predicted molar refractivity (Wildman–Crippen MR) is 102 cm³/mol. The first kappa shape index (κ1) is 18.2. The molecule has 0 saturated carbocycles. The van der Waals surface area contributed by atoms with Gasteiger partial charge in [-0.05, 0) is 43.9 Å². The standard InChI is InChI=1S/C16H32BrNSi2/c1-12(2)20(13(3)4,14(5)6)18-10-15(17)16(11-18)19(7,8)9/h10-14H,1-9H3. The van der Waals surface area contributed by atoms with E-state index >= 15 is 0 Å². The normalized spacial score (nSPS) is 13.8. The van der Waals surface area contributed by atoms with Crippen molar-refractivity contribution in [1.82, 2.24) is 4.23 Å². The first-order chi connectivity index (χ1) is 8.95. The lowest BCUT2D eigenvalue weighted by molar-refractivity contribution is 0.765. The largest absolute Gasteiger partial charge is 0.379 e. The van der Waals surface area contributed by atoms with E-state index in [1.807, 2.05) is 0 Å². The van der Waals surface area contributed by atoms with Crippen LogP contribution >= 0.6 is 15.9 Å². The van der Waals surface area contributed by atoms with Gasteiger partial charge in [0.05, 0.1) is 8.07 Å². The van der Waals surface area contributed by atoms with Crippen molar-refractivity contribution in [3.63, 3.8) is 0 Å². The maximum absolute atomic E-state index is 3.83. The van der Waals surface area contributed by atoms with Crippen LogP contribution in [0, 0.1) is 0 Å². The summed E-state index contributed by atoms with van der Waals surface area (Å²) in [5.41, 5.74) is 2.24. The first-order valence-corrected chi connectivity index (χ1v) is 14.3. The molecule has 1 nitrogen and oxygen atoms in total. The molecule has 0 unspecified atom stereocenters. The van der Waals surface area contributed by atoms with Crippen LogP contribution in [-0.4, -0.2) is 20.5 Å². The summed E-state index contributed by atoms with van der Waals surface area (Å²) in [4.78, 5) is 0. The average Bonchev–Trinajstić information content (AvgIpc) is 2.58. The van der Waals surface area contributed by atoms with Crippen molar-refractivity contribution in [1.29, 1.82) is 0 Å². The van der Waals surface area contributed by atoms with Crippen LogP contribution in [0.2, 0.25) is 36.3 Å². The van der Waals surface area contributed by atoms with Crippen molar-refractivity contribution in [2.75, 3.05) is 0 Å². The lowest BCUT2D eigenvalue weighted by Gasteiger charge is -2.44. The van der Waals surface area contributed by atoms with Gasteiger partial charge in [-0.15, -0.1) is 0 Å². The number of aromatic nitrogens is 1. The van der Waals surface area contributed by atoms with E-state index in [0.29, 0.717) is 0 Å². The van der Waals surface area contributed by atoms with Crippen molar-refractivity contribution in [3.05, 3.63) is 16.9 Å². The van der Waals surface area contributed by atoms with Crippen molar-refractivity contribution in [2.45, 2.75) is 77.8 Å². The van der Waals surface area contributed by atoms with Gasteiger partial charge in [0.25, 0.3) is 0 Å². The molecule has 1 heterocycles. The number of nitrogens with zero attached hydrogens (tertiary/aromatic N) is 1. The molecule has 0 aliphatic rings. The summed E-state index contributed by atoms with van der Waals surface area (Å²) in [6, 6.07) is 0. The Hall–Kier alpha value is 0.194. The molecule has 0 spiro atoms. The Morgan fingerprint density at radius 3 is 1.50 bits per heavy atom. The van der Waals surface area contributed by atoms with Gasteiger partial charge in [0.15, 0.2) is 8.24 Å². The molecule has 0 aliphatic carbocycles. The monoisotopic (exact) mass is 373 g/mol. The zero-order chi connectivity index (χ0) is 15.9. The molecule has 1 aromatic rings. The molecular formula is C16H32BrNSi2. The number of halogens is 1. The molecule has 0 atom stereocenters. The number of rotatable bonds is 5. The second-order valence-electron chi connectivity index (χ2n) is 8.03. The van der Waals surface area contributed by atoms with Crippen LogP contribution in [-0.2, 0) is 0 Å². The minimum Gasteiger partial charge on any atom is -0.379 e. The molecule has 20 heavy (non-hydrogen) atoms. The van der Waals surface area contributed by atoms with Gasteiger partial charge >= 0.3 is 0 Å². The highest BCUT2D eigenvalue weighted by Crippen LogP contribution is 2.42. The van der Waals surface area contributed by atoms with Crippen molar-refractivity contribution in [2.24, 2.45) is 0 Å². The third-order valence-corrected chi connectivity index (χ3v) is 14.5. The number of hydrogen-bond acceptors (Lipinski definition) is 0. The first-order valence-electron chi connectivity index (χ1n) is 7.84. The van der Waals surface area contributed by atoms with Crippen molar-refractivity contribution < 1.29 is 0 Å². The lowest BCUT2D eigenvalue weighted by Crippen LogP contribution is -2.52. The minimum atomic E-state index is -1.58. The summed E-state index contributed by atoms with van der Waals surface area (Å²) in [7, 11) is -2.87. The fraction of sp³-hybridized carbons (Fsp3) is 0.750. The predicted octanol–water partition coefficient (Wildman–Crippen LogP) is 5.82. The molecule has 0 fully saturated rings. The zero-order valence-corrected chi connectivity index (χ0v) is 18.3. The molecule has 0 amide bonds. The quantitative estimate of drug-likeness (QED) is 0.572. The molecule has 1 rings (SSSR count). The topological polar surface area (TPSA) is 4.93 Å². The SMILES string of the molecule is CC(C)[Si](C(C)C)(C(C)C)n1cc(Br)c([Si](C)(C)C)c1. The summed E-state index contributed by atoms with van der Waals surface area (Å²) in [6.07, 6.45) is 4.88. The van der Waals surface area contributed by atoms with Gasteiger partial charge in [0, 0.05) is 10.7 Å². The smallest absolute Gasteiger partial charge is 0.168 e. The second-order valence-corrected chi connectivity index (χ2v) is 19.7. The Labute approximate surface area is 136 Å². The Morgan fingerprint density at radius 2 is 1.25 bits per heavy atom. The molecule has 116 valence electrons. The highest BCUT2D eigenvalue weighted by molar-refractivity contribution is 9.10. The summed E-state index contributed by atoms with van der Waals surface area (Å²) in [5.74, 6) is 0. The third-order valence-electron chi connectivity index (χ3n) is 4.81. The van der Waals surface area contributed by atoms with E-state index in [2.05, 4.69) is 93.7 Å². The molecular weight excluding hydrogens is 342 g/mol. The van der Waals surface area contributed by atoms with Crippen molar-refractivity contribution >= 4 is 37.4 Å². The summed E-state index contributed by atoms with van der Waals surface area (Å²) in [6.45, 7) is 21.8. The van der Waals surface area contributed by atoms with E-state index in [4.69, 9.17) is 0 Å². The van der Waals surface area contributed by atoms with Crippen molar-refractivity contribution in [3.8, 4) is 0 Å². The highest BCUT2D eigenvalue weighted by atomic mass is 79.9. The highest BCUT2D eigenvalue weighted by Gasteiger charge is 2.45. The zero-order valence-electron chi connectivity index (χ0n) is 14.7. The summed E-state index contributed by atoms with van der Waals surface area (Å²) < 4.78 is 3.99. The molecule has 0 aliphatic heterocycles. The molecule has 0 aromatic carbocycles. The average molecular weight is 375 g/mol. The van der Waals surface area contributed by atoms with Gasteiger partial charge in [-0.2, -0.15) is 0 Å². The van der Waals surface area contributed by atoms with Gasteiger partial charge in [-0.1, -0.05) is 61.2 Å². The molecule has 0 N–H and O–H groups in total. The van der Waals surface area contributed by atoms with E-state index in [0.717, 1.165) is 16.6 Å².